The summed E-state index contributed by atoms with van der Waals surface area (Å²) in [6.45, 7) is 6.24. The van der Waals surface area contributed by atoms with Crippen molar-refractivity contribution < 1.29 is 4.79 Å². The van der Waals surface area contributed by atoms with E-state index in [0.29, 0.717) is 0 Å². The van der Waals surface area contributed by atoms with Crippen molar-refractivity contribution in [2.24, 2.45) is 0 Å². The molecule has 55 valence electrons. The third kappa shape index (κ3) is 1.59. The van der Waals surface area contributed by atoms with Crippen molar-refractivity contribution in [3.8, 4) is 0 Å². The van der Waals surface area contributed by atoms with Crippen LogP contribution >= 0.6 is 0 Å². The summed E-state index contributed by atoms with van der Waals surface area (Å²) >= 11 is 0. The Morgan fingerprint density at radius 2 is 2.40 bits per heavy atom. The standard InChI is InChI=1S/C8H12NO/c1-2-8(10)9-6-4-3-5-7-9/h2,6H,1,3-5,7H2. The lowest BCUT2D eigenvalue weighted by molar-refractivity contribution is -0.125. The summed E-state index contributed by atoms with van der Waals surface area (Å²) in [4.78, 5) is 12.7. The molecule has 0 aromatic rings. The average molecular weight is 138 g/mol. The first-order valence-corrected chi connectivity index (χ1v) is 3.61. The molecule has 1 fully saturated rings. The Labute approximate surface area is 61.5 Å². The van der Waals surface area contributed by atoms with Crippen molar-refractivity contribution in [2.75, 3.05) is 6.54 Å². The van der Waals surface area contributed by atoms with Crippen LogP contribution in [0.25, 0.3) is 0 Å². The maximum absolute atomic E-state index is 10.9. The van der Waals surface area contributed by atoms with Gasteiger partial charge in [-0.3, -0.25) is 4.79 Å². The Morgan fingerprint density at radius 1 is 1.60 bits per heavy atom. The molecule has 2 nitrogen and oxygen atoms in total. The highest BCUT2D eigenvalue weighted by Crippen LogP contribution is 2.12. The summed E-state index contributed by atoms with van der Waals surface area (Å²) in [5.41, 5.74) is 0. The van der Waals surface area contributed by atoms with Gasteiger partial charge in [-0.25, -0.2) is 0 Å². The van der Waals surface area contributed by atoms with Gasteiger partial charge in [-0.1, -0.05) is 6.58 Å². The SMILES string of the molecule is C=CC(=O)N1[CH]CCCC1. The quantitative estimate of drug-likeness (QED) is 0.501. The van der Waals surface area contributed by atoms with Crippen LogP contribution in [-0.4, -0.2) is 17.4 Å². The number of piperidine rings is 1. The smallest absolute Gasteiger partial charge is 0.246 e. The second-order valence-electron chi connectivity index (χ2n) is 2.41. The third-order valence-electron chi connectivity index (χ3n) is 1.66. The summed E-state index contributed by atoms with van der Waals surface area (Å²) < 4.78 is 0. The van der Waals surface area contributed by atoms with Crippen LogP contribution in [0.2, 0.25) is 0 Å². The first-order valence-electron chi connectivity index (χ1n) is 3.61. The Kier molecular flexibility index (Phi) is 2.49. The molecule has 1 aliphatic heterocycles. The fourth-order valence-corrected chi connectivity index (χ4v) is 1.08. The number of hydrogen-bond acceptors (Lipinski definition) is 1. The lowest BCUT2D eigenvalue weighted by Crippen LogP contribution is -2.30. The van der Waals surface area contributed by atoms with Gasteiger partial charge in [0.1, 0.15) is 0 Å². The highest BCUT2D eigenvalue weighted by atomic mass is 16.2. The molecule has 1 amide bonds. The molecule has 0 saturated carbocycles. The maximum Gasteiger partial charge on any atom is 0.246 e. The van der Waals surface area contributed by atoms with Crippen molar-refractivity contribution in [3.05, 3.63) is 19.2 Å². The van der Waals surface area contributed by atoms with Gasteiger partial charge in [0.2, 0.25) is 5.91 Å². The molecule has 0 spiro atoms. The van der Waals surface area contributed by atoms with Crippen LogP contribution in [0.15, 0.2) is 12.7 Å². The molecule has 10 heavy (non-hydrogen) atoms. The molecular weight excluding hydrogens is 126 g/mol. The molecule has 0 N–H and O–H groups in total. The Balaban J connectivity index is 2.38. The van der Waals surface area contributed by atoms with E-state index < -0.39 is 0 Å². The van der Waals surface area contributed by atoms with Crippen molar-refractivity contribution in [1.82, 2.24) is 4.90 Å². The van der Waals surface area contributed by atoms with Crippen molar-refractivity contribution >= 4 is 5.91 Å². The molecule has 0 aromatic heterocycles. The van der Waals surface area contributed by atoms with Gasteiger partial charge < -0.3 is 4.90 Å². The largest absolute Gasteiger partial charge is 0.334 e. The lowest BCUT2D eigenvalue weighted by atomic mass is 10.1. The first kappa shape index (κ1) is 7.32. The number of amides is 1. The van der Waals surface area contributed by atoms with Gasteiger partial charge in [0, 0.05) is 6.54 Å². The van der Waals surface area contributed by atoms with Crippen LogP contribution < -0.4 is 0 Å². The van der Waals surface area contributed by atoms with E-state index in [9.17, 15) is 4.79 Å². The first-order chi connectivity index (χ1) is 4.84. The molecule has 0 bridgehead atoms. The molecule has 0 unspecified atom stereocenters. The minimum absolute atomic E-state index is 0.0275. The lowest BCUT2D eigenvalue weighted by Gasteiger charge is -2.24. The number of likely N-dealkylation sites (tertiary alicyclic amines) is 1. The number of carbonyl (C=O) groups excluding carboxylic acids is 1. The van der Waals surface area contributed by atoms with E-state index in [0.717, 1.165) is 19.4 Å². The van der Waals surface area contributed by atoms with E-state index in [1.807, 2.05) is 6.54 Å². The number of hydrogen-bond donors (Lipinski definition) is 0. The predicted molar refractivity (Wildman–Crippen MR) is 40.1 cm³/mol. The normalized spacial score (nSPS) is 18.6. The van der Waals surface area contributed by atoms with Gasteiger partial charge in [-0.15, -0.1) is 0 Å². The fourth-order valence-electron chi connectivity index (χ4n) is 1.08. The summed E-state index contributed by atoms with van der Waals surface area (Å²) in [6, 6.07) is 0. The van der Waals surface area contributed by atoms with Crippen LogP contribution in [-0.2, 0) is 4.79 Å². The van der Waals surface area contributed by atoms with Crippen molar-refractivity contribution in [2.45, 2.75) is 19.3 Å². The molecule has 1 aliphatic rings. The second-order valence-corrected chi connectivity index (χ2v) is 2.41. The molecule has 1 heterocycles. The Hall–Kier alpha value is -0.790. The summed E-state index contributed by atoms with van der Waals surface area (Å²) in [5, 5.41) is 0. The van der Waals surface area contributed by atoms with E-state index in [1.165, 1.54) is 12.5 Å². The van der Waals surface area contributed by atoms with Crippen LogP contribution in [0.3, 0.4) is 0 Å². The van der Waals surface area contributed by atoms with E-state index in [2.05, 4.69) is 6.58 Å². The van der Waals surface area contributed by atoms with Crippen LogP contribution in [0.1, 0.15) is 19.3 Å². The van der Waals surface area contributed by atoms with Gasteiger partial charge in [-0.2, -0.15) is 0 Å². The Bertz CT molecular complexity index is 136. The van der Waals surface area contributed by atoms with E-state index in [4.69, 9.17) is 0 Å². The van der Waals surface area contributed by atoms with Crippen LogP contribution in [0.4, 0.5) is 0 Å². The van der Waals surface area contributed by atoms with Gasteiger partial charge in [0.25, 0.3) is 0 Å². The molecule has 0 aromatic carbocycles. The van der Waals surface area contributed by atoms with E-state index in [1.54, 1.807) is 4.90 Å². The van der Waals surface area contributed by atoms with Crippen molar-refractivity contribution in [3.63, 3.8) is 0 Å². The highest BCUT2D eigenvalue weighted by Gasteiger charge is 2.13. The van der Waals surface area contributed by atoms with E-state index >= 15 is 0 Å². The minimum atomic E-state index is 0.0275. The highest BCUT2D eigenvalue weighted by molar-refractivity contribution is 5.87. The van der Waals surface area contributed by atoms with Gasteiger partial charge in [0.05, 0.1) is 6.54 Å². The third-order valence-corrected chi connectivity index (χ3v) is 1.66. The number of carbonyl (C=O) groups is 1. The second kappa shape index (κ2) is 3.40. The number of nitrogens with zero attached hydrogens (tertiary/aromatic N) is 1. The van der Waals surface area contributed by atoms with Gasteiger partial charge >= 0.3 is 0 Å². The van der Waals surface area contributed by atoms with Crippen LogP contribution in [0.5, 0.6) is 0 Å². The van der Waals surface area contributed by atoms with E-state index in [-0.39, 0.29) is 5.91 Å². The zero-order valence-corrected chi connectivity index (χ0v) is 6.05. The summed E-state index contributed by atoms with van der Waals surface area (Å²) in [5.74, 6) is 0.0275. The molecule has 1 saturated heterocycles. The van der Waals surface area contributed by atoms with Crippen molar-refractivity contribution in [1.29, 1.82) is 0 Å². The zero-order valence-electron chi connectivity index (χ0n) is 6.05. The average Bonchev–Trinajstić information content (AvgIpc) is 2.05. The molecule has 2 heteroatoms. The van der Waals surface area contributed by atoms with Gasteiger partial charge in [-0.05, 0) is 25.3 Å². The molecule has 0 atom stereocenters. The van der Waals surface area contributed by atoms with Gasteiger partial charge in [0.15, 0.2) is 0 Å². The predicted octanol–water partition coefficient (Wildman–Crippen LogP) is 1.35. The monoisotopic (exact) mass is 138 g/mol. The molecular formula is C8H12NO. The molecule has 0 aliphatic carbocycles. The molecule has 1 rings (SSSR count). The topological polar surface area (TPSA) is 20.3 Å². The number of rotatable bonds is 1. The minimum Gasteiger partial charge on any atom is -0.334 e. The zero-order chi connectivity index (χ0) is 7.40. The van der Waals surface area contributed by atoms with Crippen LogP contribution in [0, 0.1) is 6.54 Å². The summed E-state index contributed by atoms with van der Waals surface area (Å²) in [7, 11) is 0. The fraction of sp³-hybridized carbons (Fsp3) is 0.500. The Morgan fingerprint density at radius 3 is 2.90 bits per heavy atom. The molecule has 1 radical (unpaired) electrons. The summed E-state index contributed by atoms with van der Waals surface area (Å²) in [6.07, 6.45) is 4.72. The maximum atomic E-state index is 10.9.